The Morgan fingerprint density at radius 2 is 1.89 bits per heavy atom. The number of rotatable bonds is 5. The van der Waals surface area contributed by atoms with Crippen molar-refractivity contribution in [2.75, 3.05) is 14.2 Å². The molecule has 2 rings (SSSR count). The molecule has 2 aromatic carbocycles. The Labute approximate surface area is 106 Å². The van der Waals surface area contributed by atoms with Crippen LogP contribution in [0.25, 0.3) is 10.8 Å². The van der Waals surface area contributed by atoms with Gasteiger partial charge >= 0.3 is 0 Å². The average Bonchev–Trinajstić information content (AvgIpc) is 2.43. The predicted molar refractivity (Wildman–Crippen MR) is 71.4 cm³/mol. The summed E-state index contributed by atoms with van der Waals surface area (Å²) in [4.78, 5) is 10.5. The fourth-order valence-electron chi connectivity index (χ4n) is 2.18. The number of ether oxygens (including phenoxy) is 2. The smallest absolute Gasteiger partial charge is 0.130 e. The third kappa shape index (κ3) is 2.16. The highest BCUT2D eigenvalue weighted by Gasteiger charge is 2.10. The van der Waals surface area contributed by atoms with Gasteiger partial charge in [0.25, 0.3) is 0 Å². The largest absolute Gasteiger partial charge is 0.496 e. The van der Waals surface area contributed by atoms with Gasteiger partial charge in [0, 0.05) is 17.2 Å². The average molecular weight is 244 g/mol. The number of methoxy groups -OCH3 is 2. The summed E-state index contributed by atoms with van der Waals surface area (Å²) in [7, 11) is 3.31. The van der Waals surface area contributed by atoms with Crippen LogP contribution in [0.15, 0.2) is 30.3 Å². The normalized spacial score (nSPS) is 10.3. The second-order valence-electron chi connectivity index (χ2n) is 4.02. The van der Waals surface area contributed by atoms with Gasteiger partial charge in [-0.3, -0.25) is 0 Å². The number of fused-ring (bicyclic) bond motifs is 1. The maximum atomic E-state index is 10.5. The zero-order valence-electron chi connectivity index (χ0n) is 10.6. The molecule has 0 spiro atoms. The molecule has 0 unspecified atom stereocenters. The number of hydrogen-bond donors (Lipinski definition) is 0. The van der Waals surface area contributed by atoms with E-state index in [1.165, 1.54) is 0 Å². The predicted octanol–water partition coefficient (Wildman–Crippen LogP) is 2.99. The molecule has 0 saturated heterocycles. The van der Waals surface area contributed by atoms with Crippen molar-refractivity contribution < 1.29 is 14.3 Å². The number of carbonyl (C=O) groups excluding carboxylic acids is 1. The van der Waals surface area contributed by atoms with Crippen molar-refractivity contribution in [2.45, 2.75) is 12.8 Å². The van der Waals surface area contributed by atoms with Crippen LogP contribution < -0.4 is 9.47 Å². The van der Waals surface area contributed by atoms with Crippen molar-refractivity contribution in [1.29, 1.82) is 0 Å². The molecule has 3 nitrogen and oxygen atoms in total. The molecule has 2 aromatic rings. The standard InChI is InChI=1S/C15H16O3/c1-17-14-7-3-6-13-12(14)9-8-11(5-4-10-16)15(13)18-2/h3,6-10H,4-5H2,1-2H3. The molecule has 0 fully saturated rings. The lowest BCUT2D eigenvalue weighted by molar-refractivity contribution is -0.107. The van der Waals surface area contributed by atoms with Gasteiger partial charge in [0.15, 0.2) is 0 Å². The topological polar surface area (TPSA) is 35.5 Å². The third-order valence-corrected chi connectivity index (χ3v) is 3.01. The second kappa shape index (κ2) is 5.54. The van der Waals surface area contributed by atoms with Crippen LogP contribution in [-0.4, -0.2) is 20.5 Å². The molecule has 0 aliphatic carbocycles. The first-order valence-corrected chi connectivity index (χ1v) is 5.88. The van der Waals surface area contributed by atoms with Gasteiger partial charge in [-0.05, 0) is 18.1 Å². The van der Waals surface area contributed by atoms with Gasteiger partial charge in [0.1, 0.15) is 17.8 Å². The fourth-order valence-corrected chi connectivity index (χ4v) is 2.18. The molecule has 94 valence electrons. The van der Waals surface area contributed by atoms with Crippen LogP contribution in [0.3, 0.4) is 0 Å². The Balaban J connectivity index is 2.60. The van der Waals surface area contributed by atoms with E-state index in [2.05, 4.69) is 0 Å². The summed E-state index contributed by atoms with van der Waals surface area (Å²) in [6.07, 6.45) is 2.13. The van der Waals surface area contributed by atoms with Crippen LogP contribution in [-0.2, 0) is 11.2 Å². The number of benzene rings is 2. The zero-order valence-corrected chi connectivity index (χ0v) is 10.6. The maximum Gasteiger partial charge on any atom is 0.130 e. The molecule has 0 N–H and O–H groups in total. The number of aryl methyl sites for hydroxylation is 1. The number of carbonyl (C=O) groups is 1. The lowest BCUT2D eigenvalue weighted by Crippen LogP contribution is -1.95. The van der Waals surface area contributed by atoms with E-state index < -0.39 is 0 Å². The van der Waals surface area contributed by atoms with Crippen molar-refractivity contribution in [3.8, 4) is 11.5 Å². The van der Waals surface area contributed by atoms with Crippen LogP contribution >= 0.6 is 0 Å². The highest BCUT2D eigenvalue weighted by atomic mass is 16.5. The van der Waals surface area contributed by atoms with Crippen molar-refractivity contribution in [1.82, 2.24) is 0 Å². The van der Waals surface area contributed by atoms with E-state index in [0.717, 1.165) is 34.1 Å². The van der Waals surface area contributed by atoms with Gasteiger partial charge in [-0.1, -0.05) is 24.3 Å². The summed E-state index contributed by atoms with van der Waals surface area (Å²) < 4.78 is 10.8. The van der Waals surface area contributed by atoms with Gasteiger partial charge in [-0.25, -0.2) is 0 Å². The maximum absolute atomic E-state index is 10.5. The Morgan fingerprint density at radius 1 is 1.06 bits per heavy atom. The molecule has 0 aliphatic heterocycles. The number of aldehydes is 1. The Bertz CT molecular complexity index is 561. The van der Waals surface area contributed by atoms with E-state index in [9.17, 15) is 4.79 Å². The minimum absolute atomic E-state index is 0.506. The van der Waals surface area contributed by atoms with Crippen LogP contribution in [0.5, 0.6) is 11.5 Å². The molecule has 0 heterocycles. The molecule has 3 heteroatoms. The zero-order chi connectivity index (χ0) is 13.0. The summed E-state index contributed by atoms with van der Waals surface area (Å²) in [5, 5.41) is 2.03. The molecular formula is C15H16O3. The van der Waals surface area contributed by atoms with Crippen molar-refractivity contribution in [3.63, 3.8) is 0 Å². The van der Waals surface area contributed by atoms with Crippen LogP contribution in [0.1, 0.15) is 12.0 Å². The molecule has 0 aliphatic rings. The lowest BCUT2D eigenvalue weighted by atomic mass is 10.0. The van der Waals surface area contributed by atoms with Crippen molar-refractivity contribution in [2.24, 2.45) is 0 Å². The number of hydrogen-bond acceptors (Lipinski definition) is 3. The quantitative estimate of drug-likeness (QED) is 0.758. The van der Waals surface area contributed by atoms with Crippen LogP contribution in [0, 0.1) is 0 Å². The highest BCUT2D eigenvalue weighted by Crippen LogP contribution is 2.35. The van der Waals surface area contributed by atoms with Crippen LogP contribution in [0.2, 0.25) is 0 Å². The summed E-state index contributed by atoms with van der Waals surface area (Å²) >= 11 is 0. The van der Waals surface area contributed by atoms with E-state index in [1.54, 1.807) is 14.2 Å². The van der Waals surface area contributed by atoms with Gasteiger partial charge in [-0.2, -0.15) is 0 Å². The SMILES string of the molecule is COc1cccc2c(OC)c(CCC=O)ccc12. The summed E-state index contributed by atoms with van der Waals surface area (Å²) in [5.41, 5.74) is 1.05. The van der Waals surface area contributed by atoms with E-state index in [1.807, 2.05) is 30.3 Å². The molecule has 0 amide bonds. The van der Waals surface area contributed by atoms with E-state index >= 15 is 0 Å². The minimum Gasteiger partial charge on any atom is -0.496 e. The van der Waals surface area contributed by atoms with E-state index in [-0.39, 0.29) is 0 Å². The summed E-state index contributed by atoms with van der Waals surface area (Å²) in [6.45, 7) is 0. The molecular weight excluding hydrogens is 228 g/mol. The Kier molecular flexibility index (Phi) is 3.82. The van der Waals surface area contributed by atoms with Gasteiger partial charge in [-0.15, -0.1) is 0 Å². The highest BCUT2D eigenvalue weighted by molar-refractivity contribution is 5.94. The van der Waals surface area contributed by atoms with Gasteiger partial charge in [0.2, 0.25) is 0 Å². The second-order valence-corrected chi connectivity index (χ2v) is 4.02. The van der Waals surface area contributed by atoms with E-state index in [4.69, 9.17) is 9.47 Å². The molecule has 0 atom stereocenters. The third-order valence-electron chi connectivity index (χ3n) is 3.01. The summed E-state index contributed by atoms with van der Waals surface area (Å²) in [6, 6.07) is 9.87. The minimum atomic E-state index is 0.506. The van der Waals surface area contributed by atoms with Gasteiger partial charge < -0.3 is 14.3 Å². The first kappa shape index (κ1) is 12.4. The fraction of sp³-hybridized carbons (Fsp3) is 0.267. The first-order valence-electron chi connectivity index (χ1n) is 5.88. The summed E-state index contributed by atoms with van der Waals surface area (Å²) in [5.74, 6) is 1.65. The first-order chi connectivity index (χ1) is 8.81. The van der Waals surface area contributed by atoms with Gasteiger partial charge in [0.05, 0.1) is 14.2 Å². The van der Waals surface area contributed by atoms with Crippen molar-refractivity contribution >= 4 is 17.1 Å². The lowest BCUT2D eigenvalue weighted by Gasteiger charge is -2.13. The molecule has 0 radical (unpaired) electrons. The Hall–Kier alpha value is -2.03. The monoisotopic (exact) mass is 244 g/mol. The van der Waals surface area contributed by atoms with Crippen molar-refractivity contribution in [3.05, 3.63) is 35.9 Å². The Morgan fingerprint density at radius 3 is 2.56 bits per heavy atom. The van der Waals surface area contributed by atoms with E-state index in [0.29, 0.717) is 12.8 Å². The molecule has 0 aromatic heterocycles. The molecule has 0 saturated carbocycles. The van der Waals surface area contributed by atoms with Crippen LogP contribution in [0.4, 0.5) is 0 Å². The molecule has 0 bridgehead atoms. The molecule has 18 heavy (non-hydrogen) atoms.